The summed E-state index contributed by atoms with van der Waals surface area (Å²) >= 11 is 0. The SMILES string of the molecule is CC(C)c1ccc(-c2cc(C(F)(F)F)n3nc(C(=O)N4N=C5/C(=C/c6ccc([N+](=O)[O-])cc6)CCC[C@@H]5[C@@H]4c4ccc([N+](=O)[O-])cc4)cc3n2)cc1. The number of amides is 1. The van der Waals surface area contributed by atoms with E-state index in [1.54, 1.807) is 36.4 Å². The second-order valence-electron chi connectivity index (χ2n) is 13.0. The lowest BCUT2D eigenvalue weighted by molar-refractivity contribution is -0.385. The average Bonchev–Trinajstić information content (AvgIpc) is 3.74. The van der Waals surface area contributed by atoms with E-state index in [-0.39, 0.29) is 40.2 Å². The number of hydrogen-bond acceptors (Lipinski definition) is 8. The maximum atomic E-state index is 14.5. The van der Waals surface area contributed by atoms with Crippen LogP contribution < -0.4 is 0 Å². The van der Waals surface area contributed by atoms with Gasteiger partial charge in [-0.1, -0.05) is 50.2 Å². The lowest BCUT2D eigenvalue weighted by atomic mass is 9.77. The molecule has 15 heteroatoms. The van der Waals surface area contributed by atoms with Crippen molar-refractivity contribution in [3.05, 3.63) is 139 Å². The van der Waals surface area contributed by atoms with Gasteiger partial charge in [0.2, 0.25) is 0 Å². The van der Waals surface area contributed by atoms with Crippen LogP contribution in [0.5, 0.6) is 0 Å². The molecule has 3 heterocycles. The average molecular weight is 710 g/mol. The van der Waals surface area contributed by atoms with Crippen molar-refractivity contribution in [1.82, 2.24) is 19.6 Å². The Morgan fingerprint density at radius 1 is 0.923 bits per heavy atom. The van der Waals surface area contributed by atoms with Crippen LogP contribution in [0, 0.1) is 26.1 Å². The molecule has 1 aliphatic carbocycles. The zero-order valence-electron chi connectivity index (χ0n) is 27.8. The number of nitrogens with zero attached hydrogens (tertiary/aromatic N) is 7. The summed E-state index contributed by atoms with van der Waals surface area (Å²) in [7, 11) is 0. The molecule has 0 saturated heterocycles. The fourth-order valence-corrected chi connectivity index (χ4v) is 6.77. The summed E-state index contributed by atoms with van der Waals surface area (Å²) in [4.78, 5) is 40.3. The summed E-state index contributed by atoms with van der Waals surface area (Å²) in [6.07, 6.45) is -1.08. The van der Waals surface area contributed by atoms with Crippen LogP contribution in [0.4, 0.5) is 24.5 Å². The normalized spacial score (nSPS) is 18.2. The van der Waals surface area contributed by atoms with Crippen LogP contribution in [0.15, 0.2) is 95.6 Å². The first kappa shape index (κ1) is 34.2. The highest BCUT2D eigenvalue weighted by atomic mass is 19.4. The summed E-state index contributed by atoms with van der Waals surface area (Å²) in [5, 5.41) is 32.6. The van der Waals surface area contributed by atoms with Crippen LogP contribution in [0.1, 0.15) is 77.9 Å². The predicted octanol–water partition coefficient (Wildman–Crippen LogP) is 8.79. The van der Waals surface area contributed by atoms with Gasteiger partial charge in [-0.15, -0.1) is 0 Å². The number of benzene rings is 3. The van der Waals surface area contributed by atoms with Gasteiger partial charge >= 0.3 is 6.18 Å². The van der Waals surface area contributed by atoms with Crippen LogP contribution in [-0.2, 0) is 6.18 Å². The summed E-state index contributed by atoms with van der Waals surface area (Å²) in [6.45, 7) is 4.02. The Labute approximate surface area is 294 Å². The molecule has 5 aromatic rings. The molecule has 0 spiro atoms. The summed E-state index contributed by atoms with van der Waals surface area (Å²) in [6, 6.07) is 20.1. The number of fused-ring (bicyclic) bond motifs is 2. The highest BCUT2D eigenvalue weighted by molar-refractivity contribution is 6.09. The molecule has 1 aliphatic heterocycles. The third-order valence-corrected chi connectivity index (χ3v) is 9.41. The zero-order chi connectivity index (χ0) is 36.9. The van der Waals surface area contributed by atoms with Crippen molar-refractivity contribution in [3.63, 3.8) is 0 Å². The standard InChI is InChI=1S/C37H30F3N7O5/c1-21(2)23-8-10-24(11-9-23)30-19-32(37(38,39)40)44-33(41-30)20-31(42-44)36(48)45-35(25-12-16-28(17-13-25)47(51)52)29-5-3-4-26(34(29)43-45)18-22-6-14-27(15-7-22)46(49)50/h6-21,29,35H,3-5H2,1-2H3/b26-18+/t29-,35-/m0/s1. The molecular formula is C37H30F3N7O5. The molecular weight excluding hydrogens is 679 g/mol. The molecule has 2 aliphatic rings. The van der Waals surface area contributed by atoms with Crippen molar-refractivity contribution in [2.24, 2.45) is 11.0 Å². The van der Waals surface area contributed by atoms with E-state index >= 15 is 0 Å². The Kier molecular flexibility index (Phi) is 8.64. The Hall–Kier alpha value is -6.25. The molecule has 0 bridgehead atoms. The topological polar surface area (TPSA) is 149 Å². The first-order valence-electron chi connectivity index (χ1n) is 16.5. The minimum absolute atomic E-state index is 0.0613. The van der Waals surface area contributed by atoms with E-state index in [9.17, 15) is 38.2 Å². The Balaban J connectivity index is 1.31. The lowest BCUT2D eigenvalue weighted by Gasteiger charge is -2.29. The quantitative estimate of drug-likeness (QED) is 0.121. The van der Waals surface area contributed by atoms with E-state index in [2.05, 4.69) is 10.1 Å². The van der Waals surface area contributed by atoms with E-state index in [1.807, 2.05) is 32.1 Å². The maximum absolute atomic E-state index is 14.5. The van der Waals surface area contributed by atoms with Crippen LogP contribution in [0.3, 0.4) is 0 Å². The van der Waals surface area contributed by atoms with Crippen molar-refractivity contribution in [1.29, 1.82) is 0 Å². The van der Waals surface area contributed by atoms with Gasteiger partial charge in [0.15, 0.2) is 17.0 Å². The van der Waals surface area contributed by atoms with Gasteiger partial charge < -0.3 is 0 Å². The summed E-state index contributed by atoms with van der Waals surface area (Å²) in [5.41, 5.74) is 2.30. The number of aromatic nitrogens is 3. The lowest BCUT2D eigenvalue weighted by Crippen LogP contribution is -2.32. The van der Waals surface area contributed by atoms with Crippen molar-refractivity contribution in [2.45, 2.75) is 51.2 Å². The van der Waals surface area contributed by atoms with E-state index < -0.39 is 33.7 Å². The van der Waals surface area contributed by atoms with Crippen LogP contribution in [0.2, 0.25) is 0 Å². The van der Waals surface area contributed by atoms with E-state index in [4.69, 9.17) is 5.10 Å². The molecule has 1 fully saturated rings. The molecule has 0 unspecified atom stereocenters. The van der Waals surface area contributed by atoms with Gasteiger partial charge in [0.1, 0.15) is 0 Å². The van der Waals surface area contributed by atoms with Crippen LogP contribution >= 0.6 is 0 Å². The molecule has 1 saturated carbocycles. The molecule has 52 heavy (non-hydrogen) atoms. The predicted molar refractivity (Wildman–Crippen MR) is 185 cm³/mol. The fourth-order valence-electron chi connectivity index (χ4n) is 6.77. The van der Waals surface area contributed by atoms with E-state index in [1.165, 1.54) is 35.3 Å². The smallest absolute Gasteiger partial charge is 0.265 e. The molecule has 2 atom stereocenters. The number of nitro groups is 2. The first-order chi connectivity index (χ1) is 24.8. The minimum Gasteiger partial charge on any atom is -0.265 e. The second-order valence-corrected chi connectivity index (χ2v) is 13.0. The molecule has 7 rings (SSSR count). The van der Waals surface area contributed by atoms with Gasteiger partial charge in [-0.2, -0.15) is 23.4 Å². The number of alkyl halides is 3. The third kappa shape index (κ3) is 6.40. The first-order valence-corrected chi connectivity index (χ1v) is 16.5. The Morgan fingerprint density at radius 3 is 2.15 bits per heavy atom. The maximum Gasteiger partial charge on any atom is 0.433 e. The van der Waals surface area contributed by atoms with Gasteiger partial charge in [-0.05, 0) is 71.7 Å². The highest BCUT2D eigenvalue weighted by Gasteiger charge is 2.45. The van der Waals surface area contributed by atoms with Crippen LogP contribution in [0.25, 0.3) is 23.0 Å². The van der Waals surface area contributed by atoms with Gasteiger partial charge in [0.25, 0.3) is 17.3 Å². The van der Waals surface area contributed by atoms with Gasteiger partial charge in [-0.25, -0.2) is 14.5 Å². The number of nitro benzene ring substituents is 2. The monoisotopic (exact) mass is 709 g/mol. The Morgan fingerprint density at radius 2 is 1.56 bits per heavy atom. The number of carbonyl (C=O) groups excluding carboxylic acids is 1. The van der Waals surface area contributed by atoms with Gasteiger partial charge in [0.05, 0.1) is 27.3 Å². The molecule has 1 amide bonds. The fraction of sp³-hybridized carbons (Fsp3) is 0.243. The summed E-state index contributed by atoms with van der Waals surface area (Å²) < 4.78 is 44.0. The number of hydrazone groups is 1. The van der Waals surface area contributed by atoms with Crippen molar-refractivity contribution in [3.8, 4) is 11.3 Å². The van der Waals surface area contributed by atoms with Crippen molar-refractivity contribution in [2.75, 3.05) is 0 Å². The second kappa shape index (κ2) is 13.1. The zero-order valence-corrected chi connectivity index (χ0v) is 27.8. The van der Waals surface area contributed by atoms with E-state index in [0.717, 1.165) is 17.2 Å². The molecule has 0 radical (unpaired) electrons. The molecule has 264 valence electrons. The van der Waals surface area contributed by atoms with Gasteiger partial charge in [0, 0.05) is 41.8 Å². The Bertz CT molecular complexity index is 2280. The largest absolute Gasteiger partial charge is 0.433 e. The van der Waals surface area contributed by atoms with Crippen molar-refractivity contribution < 1.29 is 27.8 Å². The molecule has 12 nitrogen and oxygen atoms in total. The van der Waals surface area contributed by atoms with E-state index in [0.29, 0.717) is 46.2 Å². The molecule has 3 aromatic carbocycles. The van der Waals surface area contributed by atoms with Gasteiger partial charge in [-0.3, -0.25) is 25.0 Å². The third-order valence-electron chi connectivity index (χ3n) is 9.41. The minimum atomic E-state index is -4.83. The van der Waals surface area contributed by atoms with Crippen molar-refractivity contribution >= 4 is 34.7 Å². The number of halogens is 3. The number of rotatable bonds is 7. The van der Waals surface area contributed by atoms with Crippen LogP contribution in [-0.4, -0.2) is 41.1 Å². The molecule has 2 aromatic heterocycles. The summed E-state index contributed by atoms with van der Waals surface area (Å²) in [5.74, 6) is -0.911. The highest BCUT2D eigenvalue weighted by Crippen LogP contribution is 2.45. The number of non-ortho nitro benzene ring substituents is 2. The molecule has 0 N–H and O–H groups in total. The number of allylic oxidation sites excluding steroid dienone is 1. The number of hydrogen-bond donors (Lipinski definition) is 0. The number of carbonyl (C=O) groups is 1.